The third-order valence-corrected chi connectivity index (χ3v) is 5.75. The zero-order valence-electron chi connectivity index (χ0n) is 16.5. The van der Waals surface area contributed by atoms with Crippen LogP contribution in [0.5, 0.6) is 0 Å². The predicted octanol–water partition coefficient (Wildman–Crippen LogP) is 3.77. The summed E-state index contributed by atoms with van der Waals surface area (Å²) < 4.78 is 7.75. The van der Waals surface area contributed by atoms with Crippen LogP contribution in [0, 0.1) is 5.92 Å². The summed E-state index contributed by atoms with van der Waals surface area (Å²) in [6.45, 7) is 5.58. The van der Waals surface area contributed by atoms with E-state index < -0.39 is 0 Å². The molecule has 4 rings (SSSR count). The molecule has 1 aliphatic rings. The average molecular weight is 380 g/mol. The minimum atomic E-state index is -0.221. The van der Waals surface area contributed by atoms with Crippen LogP contribution in [0.15, 0.2) is 48.8 Å². The minimum absolute atomic E-state index is 0.0507. The molecule has 2 aromatic heterocycles. The summed E-state index contributed by atoms with van der Waals surface area (Å²) in [5.74, 6) is 1.09. The fraction of sp³-hybridized carbons (Fsp3) is 0.455. The summed E-state index contributed by atoms with van der Waals surface area (Å²) in [5, 5.41) is 3.24. The number of carbonyl (C=O) groups is 1. The smallest absolute Gasteiger partial charge is 0.222 e. The lowest BCUT2D eigenvalue weighted by molar-refractivity contribution is -0.125. The average Bonchev–Trinajstić information content (AvgIpc) is 3.36. The number of para-hydroxylation sites is 2. The van der Waals surface area contributed by atoms with Gasteiger partial charge in [-0.25, -0.2) is 4.98 Å². The van der Waals surface area contributed by atoms with Crippen molar-refractivity contribution in [3.63, 3.8) is 0 Å². The lowest BCUT2D eigenvalue weighted by Crippen LogP contribution is -2.44. The Balaban J connectivity index is 1.54. The van der Waals surface area contributed by atoms with E-state index in [9.17, 15) is 4.79 Å². The van der Waals surface area contributed by atoms with Crippen LogP contribution in [0.2, 0.25) is 0 Å². The number of hydrogen-bond acceptors (Lipinski definition) is 3. The van der Waals surface area contributed by atoms with Crippen molar-refractivity contribution < 1.29 is 9.53 Å². The summed E-state index contributed by atoms with van der Waals surface area (Å²) in [5.41, 5.74) is 1.69. The van der Waals surface area contributed by atoms with Gasteiger partial charge in [-0.15, -0.1) is 0 Å². The summed E-state index contributed by atoms with van der Waals surface area (Å²) in [4.78, 5) is 21.2. The van der Waals surface area contributed by atoms with Gasteiger partial charge in [0, 0.05) is 25.6 Å². The number of imidazole rings is 1. The Morgan fingerprint density at radius 1 is 1.21 bits per heavy atom. The highest BCUT2D eigenvalue weighted by Crippen LogP contribution is 2.33. The second-order valence-corrected chi connectivity index (χ2v) is 8.03. The normalized spacial score (nSPS) is 17.7. The molecule has 2 N–H and O–H groups in total. The van der Waals surface area contributed by atoms with Crippen molar-refractivity contribution in [2.24, 2.45) is 5.92 Å². The van der Waals surface area contributed by atoms with E-state index in [0.29, 0.717) is 19.6 Å². The molecule has 6 heteroatoms. The van der Waals surface area contributed by atoms with Crippen molar-refractivity contribution in [1.82, 2.24) is 19.9 Å². The number of fused-ring (bicyclic) bond motifs is 1. The van der Waals surface area contributed by atoms with Crippen molar-refractivity contribution in [2.75, 3.05) is 13.2 Å². The van der Waals surface area contributed by atoms with Gasteiger partial charge in [-0.1, -0.05) is 26.0 Å². The monoisotopic (exact) mass is 380 g/mol. The molecule has 1 fully saturated rings. The van der Waals surface area contributed by atoms with Gasteiger partial charge in [0.25, 0.3) is 0 Å². The van der Waals surface area contributed by atoms with Gasteiger partial charge in [-0.05, 0) is 43.0 Å². The lowest BCUT2D eigenvalue weighted by Gasteiger charge is -2.38. The molecule has 148 valence electrons. The topological polar surface area (TPSA) is 71.9 Å². The molecule has 1 amide bonds. The van der Waals surface area contributed by atoms with Crippen LogP contribution in [0.3, 0.4) is 0 Å². The molecule has 1 aromatic carbocycles. The van der Waals surface area contributed by atoms with Gasteiger partial charge in [0.1, 0.15) is 5.82 Å². The van der Waals surface area contributed by atoms with Gasteiger partial charge in [-0.3, -0.25) is 4.79 Å². The maximum Gasteiger partial charge on any atom is 0.222 e. The lowest BCUT2D eigenvalue weighted by atomic mass is 9.85. The fourth-order valence-corrected chi connectivity index (χ4v) is 4.12. The van der Waals surface area contributed by atoms with Gasteiger partial charge >= 0.3 is 0 Å². The second-order valence-electron chi connectivity index (χ2n) is 8.03. The van der Waals surface area contributed by atoms with E-state index in [1.165, 1.54) is 0 Å². The Kier molecular flexibility index (Phi) is 5.22. The Labute approximate surface area is 165 Å². The van der Waals surface area contributed by atoms with E-state index in [1.54, 1.807) is 0 Å². The van der Waals surface area contributed by atoms with Crippen molar-refractivity contribution in [3.05, 3.63) is 54.6 Å². The SMILES string of the molecule is CC(C)[C@@H](NC(=O)CC1(n2cccc2)CCOCC1)c1nc2ccccc2[nH]1. The first-order chi connectivity index (χ1) is 13.6. The van der Waals surface area contributed by atoms with Crippen molar-refractivity contribution >= 4 is 16.9 Å². The Hall–Kier alpha value is -2.60. The van der Waals surface area contributed by atoms with E-state index in [0.717, 1.165) is 29.7 Å². The molecule has 3 heterocycles. The first-order valence-electron chi connectivity index (χ1n) is 10.0. The molecule has 0 aliphatic carbocycles. The maximum atomic E-state index is 13.1. The Morgan fingerprint density at radius 2 is 1.93 bits per heavy atom. The third-order valence-electron chi connectivity index (χ3n) is 5.75. The quantitative estimate of drug-likeness (QED) is 0.684. The van der Waals surface area contributed by atoms with E-state index >= 15 is 0 Å². The molecule has 0 radical (unpaired) electrons. The predicted molar refractivity (Wildman–Crippen MR) is 109 cm³/mol. The molecular formula is C22H28N4O2. The summed E-state index contributed by atoms with van der Waals surface area (Å²) in [7, 11) is 0. The second kappa shape index (κ2) is 7.80. The zero-order chi connectivity index (χ0) is 19.6. The summed E-state index contributed by atoms with van der Waals surface area (Å²) in [6.07, 6.45) is 6.22. The van der Waals surface area contributed by atoms with E-state index in [4.69, 9.17) is 9.72 Å². The number of nitrogens with zero attached hydrogens (tertiary/aromatic N) is 2. The minimum Gasteiger partial charge on any atom is -0.381 e. The van der Waals surface area contributed by atoms with Crippen LogP contribution in [-0.2, 0) is 15.1 Å². The number of carbonyl (C=O) groups excluding carboxylic acids is 1. The number of H-pyrrole nitrogens is 1. The van der Waals surface area contributed by atoms with Gasteiger partial charge in [0.05, 0.1) is 29.0 Å². The number of benzene rings is 1. The highest BCUT2D eigenvalue weighted by molar-refractivity contribution is 5.78. The van der Waals surface area contributed by atoms with Crippen LogP contribution < -0.4 is 5.32 Å². The summed E-state index contributed by atoms with van der Waals surface area (Å²) in [6, 6.07) is 11.8. The molecule has 3 aromatic rings. The van der Waals surface area contributed by atoms with Gasteiger partial charge in [0.2, 0.25) is 5.91 Å². The van der Waals surface area contributed by atoms with Crippen LogP contribution in [-0.4, -0.2) is 33.7 Å². The number of amides is 1. The third kappa shape index (κ3) is 3.69. The van der Waals surface area contributed by atoms with Crippen molar-refractivity contribution in [1.29, 1.82) is 0 Å². The molecule has 28 heavy (non-hydrogen) atoms. The van der Waals surface area contributed by atoms with E-state index in [1.807, 2.05) is 36.4 Å². The van der Waals surface area contributed by atoms with Crippen molar-refractivity contribution in [2.45, 2.75) is 44.7 Å². The van der Waals surface area contributed by atoms with Crippen molar-refractivity contribution in [3.8, 4) is 0 Å². The Morgan fingerprint density at radius 3 is 2.61 bits per heavy atom. The summed E-state index contributed by atoms with van der Waals surface area (Å²) >= 11 is 0. The van der Waals surface area contributed by atoms with Crippen LogP contribution in [0.25, 0.3) is 11.0 Å². The maximum absolute atomic E-state index is 13.1. The molecule has 1 saturated heterocycles. The van der Waals surface area contributed by atoms with Crippen LogP contribution >= 0.6 is 0 Å². The van der Waals surface area contributed by atoms with E-state index in [-0.39, 0.29) is 23.4 Å². The van der Waals surface area contributed by atoms with Gasteiger partial charge in [0.15, 0.2) is 0 Å². The first-order valence-corrected chi connectivity index (χ1v) is 10.0. The zero-order valence-corrected chi connectivity index (χ0v) is 16.5. The Bertz CT molecular complexity index is 890. The molecule has 0 unspecified atom stereocenters. The number of nitrogens with one attached hydrogen (secondary N) is 2. The number of ether oxygens (including phenoxy) is 1. The highest BCUT2D eigenvalue weighted by Gasteiger charge is 2.37. The first kappa shape index (κ1) is 18.7. The molecule has 6 nitrogen and oxygen atoms in total. The molecule has 0 bridgehead atoms. The number of rotatable bonds is 6. The number of aromatic amines is 1. The molecule has 1 atom stereocenters. The molecule has 0 saturated carbocycles. The molecular weight excluding hydrogens is 352 g/mol. The van der Waals surface area contributed by atoms with Gasteiger partial charge < -0.3 is 19.6 Å². The van der Waals surface area contributed by atoms with E-state index in [2.05, 4.69) is 41.1 Å². The number of hydrogen-bond donors (Lipinski definition) is 2. The molecule has 1 aliphatic heterocycles. The van der Waals surface area contributed by atoms with Crippen LogP contribution in [0.4, 0.5) is 0 Å². The highest BCUT2D eigenvalue weighted by atomic mass is 16.5. The fourth-order valence-electron chi connectivity index (χ4n) is 4.12. The van der Waals surface area contributed by atoms with Crippen LogP contribution in [0.1, 0.15) is 45.0 Å². The van der Waals surface area contributed by atoms with Gasteiger partial charge in [-0.2, -0.15) is 0 Å². The standard InChI is InChI=1S/C22H28N4O2/c1-16(2)20(21-23-17-7-3-4-8-18(17)24-21)25-19(27)15-22(9-13-28-14-10-22)26-11-5-6-12-26/h3-8,11-12,16,20H,9-10,13-15H2,1-2H3,(H,23,24)(H,25,27)/t20-/m1/s1. The molecule has 0 spiro atoms. The largest absolute Gasteiger partial charge is 0.381 e. The number of aromatic nitrogens is 3.